The number of rotatable bonds is 4. The van der Waals surface area contributed by atoms with Crippen LogP contribution in [0.4, 0.5) is 0 Å². The number of nitrogens with zero attached hydrogens (tertiary/aromatic N) is 2. The van der Waals surface area contributed by atoms with Crippen LogP contribution in [0.15, 0.2) is 24.3 Å². The molecule has 2 aliphatic heterocycles. The van der Waals surface area contributed by atoms with E-state index < -0.39 is 0 Å². The van der Waals surface area contributed by atoms with Crippen LogP contribution in [0.1, 0.15) is 223 Å². The molecule has 0 radical (unpaired) electrons. The van der Waals surface area contributed by atoms with Gasteiger partial charge in [0.1, 0.15) is 0 Å². The monoisotopic (exact) mass is 745 g/mol. The Morgan fingerprint density at radius 3 is 1.70 bits per heavy atom. The topological polar surface area (TPSA) is 57.4 Å². The van der Waals surface area contributed by atoms with Crippen LogP contribution in [0.3, 0.4) is 0 Å². The molecule has 56 heavy (non-hydrogen) atoms. The van der Waals surface area contributed by atoms with Crippen molar-refractivity contribution in [2.75, 3.05) is 0 Å². The number of fused-ring (bicyclic) bond motifs is 8. The molecule has 292 valence electrons. The average molecular weight is 745 g/mol. The molecule has 0 saturated heterocycles. The van der Waals surface area contributed by atoms with Gasteiger partial charge >= 0.3 is 0 Å². The molecule has 8 bridgehead atoms. The molecular formula is C52H64N4. The average Bonchev–Trinajstić information content (AvgIpc) is 4.08. The maximum Gasteiger partial charge on any atom is 0.0815 e. The first-order valence-electron chi connectivity index (χ1n) is 23.5. The fourth-order valence-electron chi connectivity index (χ4n) is 12.0. The molecule has 3 aromatic rings. The van der Waals surface area contributed by atoms with Crippen LogP contribution in [-0.2, 0) is 0 Å². The van der Waals surface area contributed by atoms with E-state index in [1.54, 1.807) is 0 Å². The van der Waals surface area contributed by atoms with Gasteiger partial charge in [0.2, 0.25) is 0 Å². The summed E-state index contributed by atoms with van der Waals surface area (Å²) in [5.74, 6) is 10.3. The largest absolute Gasteiger partial charge is 0.355 e. The van der Waals surface area contributed by atoms with E-state index in [9.17, 15) is 0 Å². The Bertz CT molecular complexity index is 2180. The molecule has 0 atom stereocenters. The van der Waals surface area contributed by atoms with E-state index in [-0.39, 0.29) is 0 Å². The van der Waals surface area contributed by atoms with Crippen LogP contribution in [0.2, 0.25) is 0 Å². The van der Waals surface area contributed by atoms with Crippen LogP contribution in [0.25, 0.3) is 45.9 Å². The highest BCUT2D eigenvalue weighted by Gasteiger charge is 2.29. The smallest absolute Gasteiger partial charge is 0.0815 e. The third-order valence-corrected chi connectivity index (χ3v) is 15.1. The molecular weight excluding hydrogens is 681 g/mol. The minimum atomic E-state index is 0.477. The number of hydrogen-bond donors (Lipinski definition) is 2. The standard InChI is InChI=1S/C52H64N4/c1-2-9-23-38(22-8-1)51-45-30-28-43(53-45)40(27-26-35-16-6-5-7-17-35)44-29-31-46(54-44)52(39-24-10-3-4-11-25-39)50-33-42(37-20-14-15-21-37)48(56-50)34-47-41(32-49(51)55-47)36-18-12-13-19-36/h28-39,53,56H,1-25H2. The highest BCUT2D eigenvalue weighted by atomic mass is 14.8. The van der Waals surface area contributed by atoms with Gasteiger partial charge in [-0.3, -0.25) is 0 Å². The number of hydrogen-bond acceptors (Lipinski definition) is 2. The molecule has 5 fully saturated rings. The van der Waals surface area contributed by atoms with Crippen molar-refractivity contribution in [3.05, 3.63) is 69.3 Å². The van der Waals surface area contributed by atoms with E-state index in [2.05, 4.69) is 64.3 Å². The summed E-state index contributed by atoms with van der Waals surface area (Å²) in [7, 11) is 0. The SMILES string of the molecule is C(#CC1CCCCC1)c1c2nc(c(C3CCCCCC3)c3cc(C4CCCC4)c(cc4nc(c(C5CCCCCC5)c5ccc1[nH]5)C=C4C1CCCC1)[nH]3)C=C2. The van der Waals surface area contributed by atoms with Gasteiger partial charge in [0.15, 0.2) is 0 Å². The molecule has 0 amide bonds. The summed E-state index contributed by atoms with van der Waals surface area (Å²) in [6.07, 6.45) is 39.6. The van der Waals surface area contributed by atoms with Gasteiger partial charge in [-0.25, -0.2) is 9.97 Å². The van der Waals surface area contributed by atoms with Gasteiger partial charge in [-0.15, -0.1) is 0 Å². The van der Waals surface area contributed by atoms with Crippen LogP contribution < -0.4 is 0 Å². The van der Waals surface area contributed by atoms with Crippen molar-refractivity contribution < 1.29 is 0 Å². The third kappa shape index (κ3) is 7.50. The Hall–Kier alpha value is -3.84. The number of allylic oxidation sites excluding steroid dienone is 1. The van der Waals surface area contributed by atoms with E-state index in [4.69, 9.17) is 9.97 Å². The Labute approximate surface area is 335 Å². The van der Waals surface area contributed by atoms with Crippen molar-refractivity contribution >= 4 is 45.9 Å². The zero-order chi connectivity index (χ0) is 37.3. The molecule has 0 unspecified atom stereocenters. The van der Waals surface area contributed by atoms with Gasteiger partial charge in [0.25, 0.3) is 0 Å². The molecule has 2 N–H and O–H groups in total. The van der Waals surface area contributed by atoms with Crippen LogP contribution in [0, 0.1) is 23.7 Å². The number of aromatic amines is 2. The van der Waals surface area contributed by atoms with Crippen molar-refractivity contribution in [3.63, 3.8) is 0 Å². The zero-order valence-electron chi connectivity index (χ0n) is 34.0. The van der Waals surface area contributed by atoms with Gasteiger partial charge in [-0.1, -0.05) is 108 Å². The van der Waals surface area contributed by atoms with Crippen LogP contribution >= 0.6 is 0 Å². The lowest BCUT2D eigenvalue weighted by Crippen LogP contribution is -2.03. The minimum Gasteiger partial charge on any atom is -0.355 e. The molecule has 0 aromatic carbocycles. The van der Waals surface area contributed by atoms with Crippen molar-refractivity contribution in [2.45, 2.75) is 178 Å². The third-order valence-electron chi connectivity index (χ3n) is 15.1. The van der Waals surface area contributed by atoms with Crippen molar-refractivity contribution in [3.8, 4) is 11.8 Å². The Balaban J connectivity index is 1.29. The minimum absolute atomic E-state index is 0.477. The summed E-state index contributed by atoms with van der Waals surface area (Å²) in [5, 5.41) is 0. The highest BCUT2D eigenvalue weighted by Crippen LogP contribution is 2.45. The van der Waals surface area contributed by atoms with Gasteiger partial charge < -0.3 is 9.97 Å². The Morgan fingerprint density at radius 2 is 1.00 bits per heavy atom. The van der Waals surface area contributed by atoms with Crippen molar-refractivity contribution in [1.82, 2.24) is 19.9 Å². The fraction of sp³-hybridized carbons (Fsp3) is 0.577. The summed E-state index contributed by atoms with van der Waals surface area (Å²) in [4.78, 5) is 19.6. The van der Waals surface area contributed by atoms with Gasteiger partial charge in [-0.2, -0.15) is 0 Å². The number of H-pyrrole nitrogens is 2. The maximum atomic E-state index is 5.77. The lowest BCUT2D eigenvalue weighted by molar-refractivity contribution is 0.430. The van der Waals surface area contributed by atoms with E-state index >= 15 is 0 Å². The van der Waals surface area contributed by atoms with Gasteiger partial charge in [0.05, 0.1) is 33.9 Å². The zero-order valence-corrected chi connectivity index (χ0v) is 34.0. The number of nitrogens with one attached hydrogen (secondary N) is 2. The van der Waals surface area contributed by atoms with E-state index in [0.717, 1.165) is 22.5 Å². The van der Waals surface area contributed by atoms with Crippen molar-refractivity contribution in [1.29, 1.82) is 0 Å². The molecule has 3 aromatic heterocycles. The van der Waals surface area contributed by atoms with Gasteiger partial charge in [-0.05, 0) is 142 Å². The van der Waals surface area contributed by atoms with Crippen molar-refractivity contribution in [2.24, 2.45) is 11.8 Å². The van der Waals surface area contributed by atoms with Gasteiger partial charge in [0, 0.05) is 33.6 Å². The lowest BCUT2D eigenvalue weighted by atomic mass is 9.89. The molecule has 4 nitrogen and oxygen atoms in total. The van der Waals surface area contributed by atoms with Crippen LogP contribution in [0.5, 0.6) is 0 Å². The molecule has 7 aliphatic rings. The molecule has 5 saturated carbocycles. The number of aromatic nitrogens is 4. The molecule has 4 heteroatoms. The molecule has 5 aliphatic carbocycles. The van der Waals surface area contributed by atoms with E-state index in [1.165, 1.54) is 211 Å². The fourth-order valence-corrected chi connectivity index (χ4v) is 12.0. The lowest BCUT2D eigenvalue weighted by Gasteiger charge is -2.16. The van der Waals surface area contributed by atoms with E-state index in [0.29, 0.717) is 29.6 Å². The van der Waals surface area contributed by atoms with E-state index in [1.807, 2.05) is 0 Å². The molecule has 0 spiro atoms. The second-order valence-electron chi connectivity index (χ2n) is 18.8. The predicted molar refractivity (Wildman–Crippen MR) is 235 cm³/mol. The second-order valence-corrected chi connectivity index (χ2v) is 18.8. The second kappa shape index (κ2) is 16.6. The molecule has 10 rings (SSSR count). The first-order chi connectivity index (χ1) is 27.7. The van der Waals surface area contributed by atoms with Crippen LogP contribution in [-0.4, -0.2) is 19.9 Å². The Kier molecular flexibility index (Phi) is 10.8. The summed E-state index contributed by atoms with van der Waals surface area (Å²) in [6, 6.07) is 9.77. The normalized spacial score (nSPS) is 22.2. The summed E-state index contributed by atoms with van der Waals surface area (Å²) >= 11 is 0. The summed E-state index contributed by atoms with van der Waals surface area (Å²) < 4.78 is 0. The Morgan fingerprint density at radius 1 is 0.464 bits per heavy atom. The summed E-state index contributed by atoms with van der Waals surface area (Å²) in [6.45, 7) is 0. The summed E-state index contributed by atoms with van der Waals surface area (Å²) in [5.41, 5.74) is 16.5. The first-order valence-corrected chi connectivity index (χ1v) is 23.5. The molecule has 5 heterocycles. The predicted octanol–water partition coefficient (Wildman–Crippen LogP) is 14.7. The maximum absolute atomic E-state index is 5.77. The quantitative estimate of drug-likeness (QED) is 0.161. The highest BCUT2D eigenvalue weighted by molar-refractivity contribution is 5.89. The first kappa shape index (κ1) is 36.5.